The smallest absolute Gasteiger partial charge is 0.238 e. The summed E-state index contributed by atoms with van der Waals surface area (Å²) >= 11 is 0. The van der Waals surface area contributed by atoms with Crippen molar-refractivity contribution in [3.05, 3.63) is 35.4 Å². The van der Waals surface area contributed by atoms with Gasteiger partial charge in [0.05, 0.1) is 12.3 Å². The average Bonchev–Trinajstić information content (AvgIpc) is 2.67. The molecule has 1 heterocycles. The van der Waals surface area contributed by atoms with E-state index in [0.717, 1.165) is 11.1 Å². The Balaban J connectivity index is 2.17. The lowest BCUT2D eigenvalue weighted by Crippen LogP contribution is -2.34. The van der Waals surface area contributed by atoms with Gasteiger partial charge in [0.1, 0.15) is 16.0 Å². The molecule has 1 N–H and O–H groups in total. The lowest BCUT2D eigenvalue weighted by atomic mass is 10.1. The SMILES string of the molecule is Cc1cccc(C2NCC(=O)N2CCS(C)(=O)=O)c1. The van der Waals surface area contributed by atoms with Gasteiger partial charge in [0.25, 0.3) is 0 Å². The van der Waals surface area contributed by atoms with Crippen LogP contribution >= 0.6 is 0 Å². The maximum Gasteiger partial charge on any atom is 0.238 e. The van der Waals surface area contributed by atoms with Crippen LogP contribution in [0, 0.1) is 6.92 Å². The molecule has 0 radical (unpaired) electrons. The van der Waals surface area contributed by atoms with Gasteiger partial charge in [-0.2, -0.15) is 0 Å². The first kappa shape index (κ1) is 14.0. The zero-order valence-electron chi connectivity index (χ0n) is 11.1. The molecule has 5 nitrogen and oxygen atoms in total. The number of hydrogen-bond donors (Lipinski definition) is 1. The number of amides is 1. The van der Waals surface area contributed by atoms with Crippen LogP contribution in [0.15, 0.2) is 24.3 Å². The lowest BCUT2D eigenvalue weighted by molar-refractivity contribution is -0.127. The molecule has 1 aromatic carbocycles. The van der Waals surface area contributed by atoms with Gasteiger partial charge in [0.15, 0.2) is 0 Å². The minimum Gasteiger partial charge on any atom is -0.321 e. The third-order valence-corrected chi connectivity index (χ3v) is 4.06. The van der Waals surface area contributed by atoms with Crippen LogP contribution in [0.3, 0.4) is 0 Å². The Morgan fingerprint density at radius 1 is 1.42 bits per heavy atom. The lowest BCUT2D eigenvalue weighted by Gasteiger charge is -2.24. The van der Waals surface area contributed by atoms with E-state index in [-0.39, 0.29) is 30.9 Å². The van der Waals surface area contributed by atoms with Gasteiger partial charge < -0.3 is 4.90 Å². The van der Waals surface area contributed by atoms with Crippen LogP contribution in [0.1, 0.15) is 17.3 Å². The first-order valence-electron chi connectivity index (χ1n) is 6.14. The maximum atomic E-state index is 11.8. The van der Waals surface area contributed by atoms with Gasteiger partial charge in [0, 0.05) is 12.8 Å². The number of carbonyl (C=O) groups excluding carboxylic acids is 1. The highest BCUT2D eigenvalue weighted by atomic mass is 32.2. The molecule has 1 aliphatic heterocycles. The standard InChI is InChI=1S/C13H18N2O3S/c1-10-4-3-5-11(8-10)13-14-9-12(16)15(13)6-7-19(2,17)18/h3-5,8,13-14H,6-7,9H2,1-2H3. The highest BCUT2D eigenvalue weighted by Gasteiger charge is 2.31. The summed E-state index contributed by atoms with van der Waals surface area (Å²) in [6.45, 7) is 2.47. The summed E-state index contributed by atoms with van der Waals surface area (Å²) in [5.41, 5.74) is 2.10. The summed E-state index contributed by atoms with van der Waals surface area (Å²) in [5.74, 6) is -0.0712. The number of rotatable bonds is 4. The molecule has 1 saturated heterocycles. The van der Waals surface area contributed by atoms with Crippen LogP contribution < -0.4 is 5.32 Å². The van der Waals surface area contributed by atoms with Crippen molar-refractivity contribution < 1.29 is 13.2 Å². The monoisotopic (exact) mass is 282 g/mol. The van der Waals surface area contributed by atoms with E-state index in [4.69, 9.17) is 0 Å². The summed E-state index contributed by atoms with van der Waals surface area (Å²) in [6.07, 6.45) is 0.956. The third-order valence-electron chi connectivity index (χ3n) is 3.14. The molecular formula is C13H18N2O3S. The molecule has 1 unspecified atom stereocenters. The van der Waals surface area contributed by atoms with Crippen molar-refractivity contribution in [3.63, 3.8) is 0 Å². The normalized spacial score (nSPS) is 20.0. The van der Waals surface area contributed by atoms with E-state index in [1.165, 1.54) is 6.26 Å². The van der Waals surface area contributed by atoms with Crippen LogP contribution in [0.5, 0.6) is 0 Å². The highest BCUT2D eigenvalue weighted by molar-refractivity contribution is 7.90. The second-order valence-electron chi connectivity index (χ2n) is 4.91. The summed E-state index contributed by atoms with van der Waals surface area (Å²) in [4.78, 5) is 13.4. The van der Waals surface area contributed by atoms with Crippen LogP contribution in [0.4, 0.5) is 0 Å². The number of sulfone groups is 1. The summed E-state index contributed by atoms with van der Waals surface area (Å²) in [7, 11) is -3.07. The molecule has 6 heteroatoms. The Kier molecular flexibility index (Phi) is 3.91. The molecule has 1 fully saturated rings. The van der Waals surface area contributed by atoms with Gasteiger partial charge in [0.2, 0.25) is 5.91 Å². The minimum absolute atomic E-state index is 0.0112. The molecule has 2 rings (SSSR count). The van der Waals surface area contributed by atoms with E-state index in [9.17, 15) is 13.2 Å². The molecule has 0 aromatic heterocycles. The predicted molar refractivity (Wildman–Crippen MR) is 73.3 cm³/mol. The first-order valence-corrected chi connectivity index (χ1v) is 8.20. The molecule has 1 aromatic rings. The predicted octanol–water partition coefficient (Wildman–Crippen LogP) is 0.470. The molecule has 19 heavy (non-hydrogen) atoms. The molecule has 0 spiro atoms. The van der Waals surface area contributed by atoms with Gasteiger partial charge in [-0.05, 0) is 12.5 Å². The van der Waals surface area contributed by atoms with Crippen molar-refractivity contribution in [2.24, 2.45) is 0 Å². The summed E-state index contributed by atoms with van der Waals surface area (Å²) in [6, 6.07) is 7.87. The fourth-order valence-corrected chi connectivity index (χ4v) is 2.72. The molecule has 0 bridgehead atoms. The van der Waals surface area contributed by atoms with E-state index in [0.29, 0.717) is 0 Å². The maximum absolute atomic E-state index is 11.8. The number of benzene rings is 1. The van der Waals surface area contributed by atoms with Gasteiger partial charge in [-0.25, -0.2) is 8.42 Å². The van der Waals surface area contributed by atoms with Crippen LogP contribution in [0.2, 0.25) is 0 Å². The molecule has 0 saturated carbocycles. The highest BCUT2D eigenvalue weighted by Crippen LogP contribution is 2.22. The van der Waals surface area contributed by atoms with Crippen molar-refractivity contribution in [3.8, 4) is 0 Å². The summed E-state index contributed by atoms with van der Waals surface area (Å²) in [5, 5.41) is 3.12. The van der Waals surface area contributed by atoms with Crippen molar-refractivity contribution in [2.45, 2.75) is 13.1 Å². The van der Waals surface area contributed by atoms with Crippen molar-refractivity contribution in [2.75, 3.05) is 25.1 Å². The Labute approximate surface area is 113 Å². The zero-order valence-corrected chi connectivity index (χ0v) is 11.9. The van der Waals surface area contributed by atoms with Crippen molar-refractivity contribution in [1.29, 1.82) is 0 Å². The molecular weight excluding hydrogens is 264 g/mol. The number of nitrogens with one attached hydrogen (secondary N) is 1. The molecule has 1 amide bonds. The first-order chi connectivity index (χ1) is 8.87. The Bertz CT molecular complexity index is 583. The van der Waals surface area contributed by atoms with Crippen molar-refractivity contribution >= 4 is 15.7 Å². The third kappa shape index (κ3) is 3.54. The number of carbonyl (C=O) groups is 1. The van der Waals surface area contributed by atoms with Crippen LogP contribution in [-0.4, -0.2) is 44.3 Å². The van der Waals surface area contributed by atoms with E-state index >= 15 is 0 Å². The topological polar surface area (TPSA) is 66.5 Å². The molecule has 1 aliphatic rings. The fraction of sp³-hybridized carbons (Fsp3) is 0.462. The molecule has 104 valence electrons. The van der Waals surface area contributed by atoms with Gasteiger partial charge in [-0.15, -0.1) is 0 Å². The van der Waals surface area contributed by atoms with Gasteiger partial charge in [-0.1, -0.05) is 29.8 Å². The van der Waals surface area contributed by atoms with E-state index in [1.54, 1.807) is 4.90 Å². The van der Waals surface area contributed by atoms with Gasteiger partial charge >= 0.3 is 0 Å². The van der Waals surface area contributed by atoms with Crippen LogP contribution in [0.25, 0.3) is 0 Å². The quantitative estimate of drug-likeness (QED) is 0.872. The zero-order chi connectivity index (χ0) is 14.0. The number of hydrogen-bond acceptors (Lipinski definition) is 4. The number of nitrogens with zero attached hydrogens (tertiary/aromatic N) is 1. The Hall–Kier alpha value is -1.40. The Morgan fingerprint density at radius 3 is 2.79 bits per heavy atom. The Morgan fingerprint density at radius 2 is 2.16 bits per heavy atom. The van der Waals surface area contributed by atoms with E-state index < -0.39 is 9.84 Å². The van der Waals surface area contributed by atoms with Crippen molar-refractivity contribution in [1.82, 2.24) is 10.2 Å². The van der Waals surface area contributed by atoms with Crippen LogP contribution in [-0.2, 0) is 14.6 Å². The number of aryl methyl sites for hydroxylation is 1. The van der Waals surface area contributed by atoms with E-state index in [1.807, 2.05) is 31.2 Å². The largest absolute Gasteiger partial charge is 0.321 e. The molecule has 0 aliphatic carbocycles. The summed E-state index contributed by atoms with van der Waals surface area (Å²) < 4.78 is 22.5. The fourth-order valence-electron chi connectivity index (χ4n) is 2.20. The second kappa shape index (κ2) is 5.30. The van der Waals surface area contributed by atoms with E-state index in [2.05, 4.69) is 5.32 Å². The molecule has 1 atom stereocenters. The minimum atomic E-state index is -3.07. The average molecular weight is 282 g/mol. The second-order valence-corrected chi connectivity index (χ2v) is 7.17. The van der Waals surface area contributed by atoms with Gasteiger partial charge in [-0.3, -0.25) is 10.1 Å².